The molecule has 1 aliphatic rings. The molecule has 0 unspecified atom stereocenters. The zero-order valence-electron chi connectivity index (χ0n) is 15.8. The first-order chi connectivity index (χ1) is 13.0. The lowest BCUT2D eigenvalue weighted by atomic mass is 10.1. The molecule has 1 aliphatic heterocycles. The number of nitrogens with one attached hydrogen (secondary N) is 1. The van der Waals surface area contributed by atoms with Crippen molar-refractivity contribution in [3.05, 3.63) is 65.2 Å². The molecule has 3 rings (SSSR count). The lowest BCUT2D eigenvalue weighted by Gasteiger charge is -2.18. The second kappa shape index (κ2) is 8.58. The lowest BCUT2D eigenvalue weighted by Crippen LogP contribution is -2.39. The fourth-order valence-corrected chi connectivity index (χ4v) is 3.13. The number of ether oxygens (including phenoxy) is 1. The van der Waals surface area contributed by atoms with Crippen LogP contribution in [0.15, 0.2) is 48.5 Å². The molecule has 0 spiro atoms. The van der Waals surface area contributed by atoms with E-state index in [9.17, 15) is 9.59 Å². The topological polar surface area (TPSA) is 61.9 Å². The summed E-state index contributed by atoms with van der Waals surface area (Å²) in [6.07, 6.45) is 0. The number of carbonyl (C=O) groups excluding carboxylic acids is 2. The van der Waals surface area contributed by atoms with Gasteiger partial charge in [-0.05, 0) is 30.2 Å². The third-order valence-electron chi connectivity index (χ3n) is 4.62. The summed E-state index contributed by atoms with van der Waals surface area (Å²) in [5.41, 5.74) is 3.26. The van der Waals surface area contributed by atoms with Crippen molar-refractivity contribution in [2.45, 2.75) is 20.0 Å². The minimum atomic E-state index is -0.156. The number of hydrogen-bond acceptors (Lipinski definition) is 3. The van der Waals surface area contributed by atoms with Gasteiger partial charge in [0.05, 0.1) is 7.11 Å². The summed E-state index contributed by atoms with van der Waals surface area (Å²) in [6, 6.07) is 15.6. The summed E-state index contributed by atoms with van der Waals surface area (Å²) in [5, 5.41) is 2.86. The van der Waals surface area contributed by atoms with Crippen LogP contribution in [0.25, 0.3) is 0 Å². The average Bonchev–Trinajstić information content (AvgIpc) is 3.00. The predicted octanol–water partition coefficient (Wildman–Crippen LogP) is 2.56. The van der Waals surface area contributed by atoms with Gasteiger partial charge in [0.15, 0.2) is 0 Å². The van der Waals surface area contributed by atoms with Gasteiger partial charge in [-0.2, -0.15) is 0 Å². The van der Waals surface area contributed by atoms with Gasteiger partial charge in [-0.15, -0.1) is 0 Å². The van der Waals surface area contributed by atoms with Crippen molar-refractivity contribution < 1.29 is 14.3 Å². The Morgan fingerprint density at radius 3 is 2.52 bits per heavy atom. The predicted molar refractivity (Wildman–Crippen MR) is 103 cm³/mol. The number of urea groups is 1. The first-order valence-corrected chi connectivity index (χ1v) is 9.04. The monoisotopic (exact) mass is 367 g/mol. The smallest absolute Gasteiger partial charge is 0.320 e. The van der Waals surface area contributed by atoms with Crippen molar-refractivity contribution >= 4 is 11.9 Å². The van der Waals surface area contributed by atoms with Crippen LogP contribution in [0.2, 0.25) is 0 Å². The number of rotatable bonds is 7. The molecule has 142 valence electrons. The largest absolute Gasteiger partial charge is 0.497 e. The maximum atomic E-state index is 12.5. The molecule has 0 atom stereocenters. The molecule has 0 bridgehead atoms. The molecule has 3 amide bonds. The van der Waals surface area contributed by atoms with E-state index in [1.54, 1.807) is 16.9 Å². The van der Waals surface area contributed by atoms with E-state index in [2.05, 4.69) is 11.4 Å². The molecular formula is C21H25N3O3. The van der Waals surface area contributed by atoms with E-state index in [0.29, 0.717) is 26.2 Å². The van der Waals surface area contributed by atoms with E-state index in [1.165, 1.54) is 5.56 Å². The van der Waals surface area contributed by atoms with Crippen LogP contribution in [-0.4, -0.2) is 48.5 Å². The van der Waals surface area contributed by atoms with E-state index in [1.807, 2.05) is 49.4 Å². The Bertz CT molecular complexity index is 805. The second-order valence-electron chi connectivity index (χ2n) is 6.74. The van der Waals surface area contributed by atoms with Crippen LogP contribution in [0.3, 0.4) is 0 Å². The highest BCUT2D eigenvalue weighted by Gasteiger charge is 2.29. The number of amides is 3. The molecule has 27 heavy (non-hydrogen) atoms. The normalized spacial score (nSPS) is 13.8. The Morgan fingerprint density at radius 1 is 1.07 bits per heavy atom. The Balaban J connectivity index is 1.47. The molecule has 0 saturated carbocycles. The molecule has 0 aromatic heterocycles. The van der Waals surface area contributed by atoms with Crippen molar-refractivity contribution in [1.82, 2.24) is 15.1 Å². The van der Waals surface area contributed by atoms with Gasteiger partial charge in [0.1, 0.15) is 12.3 Å². The summed E-state index contributed by atoms with van der Waals surface area (Å²) in [5.74, 6) is 0.623. The number of nitrogens with zero attached hydrogens (tertiary/aromatic N) is 2. The van der Waals surface area contributed by atoms with Crippen LogP contribution >= 0.6 is 0 Å². The van der Waals surface area contributed by atoms with Crippen LogP contribution in [0, 0.1) is 6.92 Å². The Hall–Kier alpha value is -3.02. The van der Waals surface area contributed by atoms with Crippen molar-refractivity contribution in [1.29, 1.82) is 0 Å². The summed E-state index contributed by atoms with van der Waals surface area (Å²) >= 11 is 0. The molecule has 0 aliphatic carbocycles. The zero-order valence-corrected chi connectivity index (χ0v) is 15.8. The zero-order chi connectivity index (χ0) is 19.2. The van der Waals surface area contributed by atoms with Gasteiger partial charge in [-0.3, -0.25) is 4.79 Å². The van der Waals surface area contributed by atoms with Crippen molar-refractivity contribution in [2.75, 3.05) is 26.7 Å². The molecule has 2 aromatic carbocycles. The highest BCUT2D eigenvalue weighted by molar-refractivity contribution is 5.85. The molecule has 1 fully saturated rings. The Morgan fingerprint density at radius 2 is 1.81 bits per heavy atom. The molecule has 1 N–H and O–H groups in total. The Kier molecular flexibility index (Phi) is 5.96. The fraction of sp³-hybridized carbons (Fsp3) is 0.333. The molecule has 1 heterocycles. The third-order valence-corrected chi connectivity index (χ3v) is 4.62. The summed E-state index contributed by atoms with van der Waals surface area (Å²) in [4.78, 5) is 28.1. The first-order valence-electron chi connectivity index (χ1n) is 9.04. The summed E-state index contributed by atoms with van der Waals surface area (Å²) in [7, 11) is 1.62. The number of methoxy groups -OCH3 is 1. The third kappa shape index (κ3) is 5.00. The van der Waals surface area contributed by atoms with Crippen LogP contribution < -0.4 is 10.1 Å². The van der Waals surface area contributed by atoms with E-state index < -0.39 is 0 Å². The van der Waals surface area contributed by atoms with E-state index in [0.717, 1.165) is 16.9 Å². The quantitative estimate of drug-likeness (QED) is 0.818. The molecule has 1 saturated heterocycles. The Labute approximate surface area is 159 Å². The number of hydrogen-bond donors (Lipinski definition) is 1. The van der Waals surface area contributed by atoms with Crippen LogP contribution in [0.4, 0.5) is 4.79 Å². The maximum absolute atomic E-state index is 12.5. The van der Waals surface area contributed by atoms with Gasteiger partial charge in [0.2, 0.25) is 5.91 Å². The standard InChI is InChI=1S/C21H25N3O3/c1-16-4-3-5-18(12-16)14-23-10-11-24(21(23)26)15-20(25)22-13-17-6-8-19(27-2)9-7-17/h3-9,12H,10-11,13-15H2,1-2H3,(H,22,25). The maximum Gasteiger partial charge on any atom is 0.320 e. The number of aryl methyl sites for hydroxylation is 1. The van der Waals surface area contributed by atoms with Crippen LogP contribution in [0.5, 0.6) is 5.75 Å². The number of carbonyl (C=O) groups is 2. The van der Waals surface area contributed by atoms with Gasteiger partial charge in [0, 0.05) is 26.2 Å². The summed E-state index contributed by atoms with van der Waals surface area (Å²) in [6.45, 7) is 4.33. The van der Waals surface area contributed by atoms with Crippen LogP contribution in [-0.2, 0) is 17.9 Å². The first kappa shape index (κ1) is 18.8. The van der Waals surface area contributed by atoms with E-state index >= 15 is 0 Å². The minimum absolute atomic E-state index is 0.0826. The fourth-order valence-electron chi connectivity index (χ4n) is 3.13. The molecule has 2 aromatic rings. The average molecular weight is 367 g/mol. The molecule has 6 heteroatoms. The van der Waals surface area contributed by atoms with E-state index in [4.69, 9.17) is 4.74 Å². The highest BCUT2D eigenvalue weighted by atomic mass is 16.5. The van der Waals surface area contributed by atoms with Crippen LogP contribution in [0.1, 0.15) is 16.7 Å². The SMILES string of the molecule is COc1ccc(CNC(=O)CN2CCN(Cc3cccc(C)c3)C2=O)cc1. The van der Waals surface area contributed by atoms with Crippen molar-refractivity contribution in [3.63, 3.8) is 0 Å². The van der Waals surface area contributed by atoms with Crippen molar-refractivity contribution in [2.24, 2.45) is 0 Å². The van der Waals surface area contributed by atoms with E-state index in [-0.39, 0.29) is 18.5 Å². The molecular weight excluding hydrogens is 342 g/mol. The van der Waals surface area contributed by atoms with Gasteiger partial charge >= 0.3 is 6.03 Å². The minimum Gasteiger partial charge on any atom is -0.497 e. The van der Waals surface area contributed by atoms with Gasteiger partial charge in [0.25, 0.3) is 0 Å². The summed E-state index contributed by atoms with van der Waals surface area (Å²) < 4.78 is 5.12. The van der Waals surface area contributed by atoms with Gasteiger partial charge in [-0.1, -0.05) is 42.0 Å². The van der Waals surface area contributed by atoms with Gasteiger partial charge < -0.3 is 19.9 Å². The van der Waals surface area contributed by atoms with Crippen molar-refractivity contribution in [3.8, 4) is 5.75 Å². The van der Waals surface area contributed by atoms with Gasteiger partial charge in [-0.25, -0.2) is 4.79 Å². The lowest BCUT2D eigenvalue weighted by molar-refractivity contribution is -0.121. The molecule has 0 radical (unpaired) electrons. The molecule has 6 nitrogen and oxygen atoms in total. The second-order valence-corrected chi connectivity index (χ2v) is 6.74. The highest BCUT2D eigenvalue weighted by Crippen LogP contribution is 2.14. The number of benzene rings is 2.